The standard InChI is InChI=1S/C17H19BrFNO/c1-3-16(12-7-9-13(19)10-8-12)20-17-6-4-5-15(18)14(17)11-21-2/h4-10,16,20H,3,11H2,1-2H3. The van der Waals surface area contributed by atoms with Crippen LogP contribution in [0.5, 0.6) is 0 Å². The lowest BCUT2D eigenvalue weighted by Gasteiger charge is -2.21. The summed E-state index contributed by atoms with van der Waals surface area (Å²) in [7, 11) is 1.68. The van der Waals surface area contributed by atoms with Crippen molar-refractivity contribution in [1.29, 1.82) is 0 Å². The SMILES string of the molecule is CCC(Nc1cccc(Br)c1COC)c1ccc(F)cc1. The summed E-state index contributed by atoms with van der Waals surface area (Å²) >= 11 is 3.56. The summed E-state index contributed by atoms with van der Waals surface area (Å²) in [5, 5.41) is 3.53. The minimum absolute atomic E-state index is 0.135. The molecule has 2 rings (SSSR count). The third-order valence-electron chi connectivity index (χ3n) is 3.42. The van der Waals surface area contributed by atoms with Crippen LogP contribution >= 0.6 is 15.9 Å². The average molecular weight is 352 g/mol. The Morgan fingerprint density at radius 3 is 2.52 bits per heavy atom. The van der Waals surface area contributed by atoms with Crippen molar-refractivity contribution in [1.82, 2.24) is 0 Å². The molecule has 0 aliphatic heterocycles. The second-order valence-corrected chi connectivity index (χ2v) is 5.71. The molecule has 21 heavy (non-hydrogen) atoms. The summed E-state index contributed by atoms with van der Waals surface area (Å²) in [5.41, 5.74) is 3.19. The van der Waals surface area contributed by atoms with Gasteiger partial charge in [-0.1, -0.05) is 41.1 Å². The van der Waals surface area contributed by atoms with Crippen molar-refractivity contribution in [2.24, 2.45) is 0 Å². The zero-order valence-electron chi connectivity index (χ0n) is 12.2. The normalized spacial score (nSPS) is 12.2. The highest BCUT2D eigenvalue weighted by molar-refractivity contribution is 9.10. The molecule has 4 heteroatoms. The predicted molar refractivity (Wildman–Crippen MR) is 87.9 cm³/mol. The third kappa shape index (κ3) is 4.05. The molecule has 1 unspecified atom stereocenters. The molecule has 0 fully saturated rings. The summed E-state index contributed by atoms with van der Waals surface area (Å²) in [6, 6.07) is 12.8. The summed E-state index contributed by atoms with van der Waals surface area (Å²) < 4.78 is 19.3. The Balaban J connectivity index is 2.26. The highest BCUT2D eigenvalue weighted by atomic mass is 79.9. The van der Waals surface area contributed by atoms with E-state index < -0.39 is 0 Å². The molecule has 0 saturated heterocycles. The van der Waals surface area contributed by atoms with Gasteiger partial charge in [-0.2, -0.15) is 0 Å². The molecule has 1 atom stereocenters. The lowest BCUT2D eigenvalue weighted by Crippen LogP contribution is -2.11. The number of anilines is 1. The van der Waals surface area contributed by atoms with Crippen LogP contribution in [-0.4, -0.2) is 7.11 Å². The molecule has 0 spiro atoms. The average Bonchev–Trinajstić information content (AvgIpc) is 2.49. The quantitative estimate of drug-likeness (QED) is 0.762. The molecular weight excluding hydrogens is 333 g/mol. The Morgan fingerprint density at radius 1 is 1.19 bits per heavy atom. The number of ether oxygens (including phenoxy) is 1. The number of benzene rings is 2. The second kappa shape index (κ2) is 7.57. The maximum absolute atomic E-state index is 13.1. The Bertz CT molecular complexity index is 586. The van der Waals surface area contributed by atoms with Crippen molar-refractivity contribution < 1.29 is 9.13 Å². The Hall–Kier alpha value is -1.39. The molecule has 0 radical (unpaired) electrons. The molecule has 0 amide bonds. The topological polar surface area (TPSA) is 21.3 Å². The van der Waals surface area contributed by atoms with Gasteiger partial charge in [-0.05, 0) is 36.2 Å². The van der Waals surface area contributed by atoms with Gasteiger partial charge in [-0.15, -0.1) is 0 Å². The van der Waals surface area contributed by atoms with Crippen LogP contribution in [0, 0.1) is 5.82 Å². The zero-order chi connectivity index (χ0) is 15.2. The second-order valence-electron chi connectivity index (χ2n) is 4.86. The van der Waals surface area contributed by atoms with Crippen LogP contribution in [-0.2, 0) is 11.3 Å². The lowest BCUT2D eigenvalue weighted by molar-refractivity contribution is 0.185. The minimum Gasteiger partial charge on any atom is -0.380 e. The molecule has 2 aromatic rings. The first-order valence-electron chi connectivity index (χ1n) is 6.94. The Morgan fingerprint density at radius 2 is 1.90 bits per heavy atom. The van der Waals surface area contributed by atoms with Crippen molar-refractivity contribution in [3.8, 4) is 0 Å². The van der Waals surface area contributed by atoms with Crippen molar-refractivity contribution in [2.75, 3.05) is 12.4 Å². The maximum Gasteiger partial charge on any atom is 0.123 e. The van der Waals surface area contributed by atoms with Gasteiger partial charge in [-0.3, -0.25) is 0 Å². The lowest BCUT2D eigenvalue weighted by atomic mass is 10.0. The first-order valence-corrected chi connectivity index (χ1v) is 7.73. The minimum atomic E-state index is -0.212. The number of rotatable bonds is 6. The molecule has 0 aromatic heterocycles. The summed E-state index contributed by atoms with van der Waals surface area (Å²) in [5.74, 6) is -0.212. The summed E-state index contributed by atoms with van der Waals surface area (Å²) in [4.78, 5) is 0. The van der Waals surface area contributed by atoms with E-state index in [9.17, 15) is 4.39 Å². The molecular formula is C17H19BrFNO. The smallest absolute Gasteiger partial charge is 0.123 e. The monoisotopic (exact) mass is 351 g/mol. The van der Waals surface area contributed by atoms with E-state index in [4.69, 9.17) is 4.74 Å². The first kappa shape index (κ1) is 16.0. The summed E-state index contributed by atoms with van der Waals surface area (Å²) in [6.07, 6.45) is 0.907. The Labute approximate surface area is 133 Å². The van der Waals surface area contributed by atoms with E-state index in [2.05, 4.69) is 28.2 Å². The number of hydrogen-bond donors (Lipinski definition) is 1. The molecule has 0 aliphatic carbocycles. The van der Waals surface area contributed by atoms with Crippen LogP contribution in [0.4, 0.5) is 10.1 Å². The first-order chi connectivity index (χ1) is 10.2. The van der Waals surface area contributed by atoms with Gasteiger partial charge in [0.2, 0.25) is 0 Å². The third-order valence-corrected chi connectivity index (χ3v) is 4.16. The number of methoxy groups -OCH3 is 1. The fraction of sp³-hybridized carbons (Fsp3) is 0.294. The van der Waals surface area contributed by atoms with E-state index in [0.717, 1.165) is 27.7 Å². The zero-order valence-corrected chi connectivity index (χ0v) is 13.8. The number of nitrogens with one attached hydrogen (secondary N) is 1. The number of hydrogen-bond acceptors (Lipinski definition) is 2. The van der Waals surface area contributed by atoms with E-state index in [1.165, 1.54) is 12.1 Å². The van der Waals surface area contributed by atoms with Crippen molar-refractivity contribution in [2.45, 2.75) is 26.0 Å². The van der Waals surface area contributed by atoms with Crippen molar-refractivity contribution in [3.63, 3.8) is 0 Å². The Kier molecular flexibility index (Phi) is 5.76. The van der Waals surface area contributed by atoms with Crippen LogP contribution < -0.4 is 5.32 Å². The molecule has 112 valence electrons. The molecule has 0 saturated carbocycles. The van der Waals surface area contributed by atoms with Gasteiger partial charge in [0.1, 0.15) is 5.82 Å². The van der Waals surface area contributed by atoms with Crippen LogP contribution in [0.3, 0.4) is 0 Å². The predicted octanol–water partition coefficient (Wildman–Crippen LogP) is 5.30. The van der Waals surface area contributed by atoms with Crippen LogP contribution in [0.1, 0.15) is 30.5 Å². The van der Waals surface area contributed by atoms with Gasteiger partial charge < -0.3 is 10.1 Å². The molecule has 2 nitrogen and oxygen atoms in total. The van der Waals surface area contributed by atoms with Crippen LogP contribution in [0.15, 0.2) is 46.9 Å². The van der Waals surface area contributed by atoms with Gasteiger partial charge >= 0.3 is 0 Å². The van der Waals surface area contributed by atoms with Crippen molar-refractivity contribution in [3.05, 3.63) is 63.9 Å². The number of halogens is 2. The molecule has 0 heterocycles. The van der Waals surface area contributed by atoms with Gasteiger partial charge in [0.05, 0.1) is 12.6 Å². The van der Waals surface area contributed by atoms with E-state index >= 15 is 0 Å². The van der Waals surface area contributed by atoms with E-state index in [0.29, 0.717) is 6.61 Å². The van der Waals surface area contributed by atoms with E-state index in [1.807, 2.05) is 30.3 Å². The summed E-state index contributed by atoms with van der Waals surface area (Å²) in [6.45, 7) is 2.64. The van der Waals surface area contributed by atoms with Gasteiger partial charge in [0.25, 0.3) is 0 Å². The fourth-order valence-corrected chi connectivity index (χ4v) is 2.77. The van der Waals surface area contributed by atoms with Crippen molar-refractivity contribution >= 4 is 21.6 Å². The van der Waals surface area contributed by atoms with Crippen LogP contribution in [0.2, 0.25) is 0 Å². The van der Waals surface area contributed by atoms with E-state index in [1.54, 1.807) is 7.11 Å². The largest absolute Gasteiger partial charge is 0.380 e. The van der Waals surface area contributed by atoms with Gasteiger partial charge in [-0.25, -0.2) is 4.39 Å². The molecule has 2 aromatic carbocycles. The maximum atomic E-state index is 13.1. The highest BCUT2D eigenvalue weighted by Gasteiger charge is 2.13. The molecule has 0 bridgehead atoms. The molecule has 0 aliphatic rings. The van der Waals surface area contributed by atoms with E-state index in [-0.39, 0.29) is 11.9 Å². The fourth-order valence-electron chi connectivity index (χ4n) is 2.29. The van der Waals surface area contributed by atoms with Crippen LogP contribution in [0.25, 0.3) is 0 Å². The van der Waals surface area contributed by atoms with Gasteiger partial charge in [0, 0.05) is 22.8 Å². The highest BCUT2D eigenvalue weighted by Crippen LogP contribution is 2.30. The molecule has 1 N–H and O–H groups in total. The van der Waals surface area contributed by atoms with Gasteiger partial charge in [0.15, 0.2) is 0 Å².